The van der Waals surface area contributed by atoms with Crippen LogP contribution in [0.15, 0.2) is 83.2 Å². The minimum Gasteiger partial charge on any atom is -0.434 e. The van der Waals surface area contributed by atoms with E-state index in [1.54, 1.807) is 54.9 Å². The third-order valence-electron chi connectivity index (χ3n) is 8.08. The standard InChI is InChI=1S/C34H40N4O6S2/c1-22(2)18-37(46(42,43)28-13-14-29-32(17-28)45-21-35-29)19-23(3)30(15-25-9-6-5-7-10-25)36-33(40)31-20-38(34(41)44-31)27-12-8-11-26(16-27)24(4)39/h5-14,16-17,21-24,30-31,39H,15,18-20H2,1-4H3,(H,36,40)/t23-,24-,30?,31?/m1/s1. The Morgan fingerprint density at radius 1 is 1.07 bits per heavy atom. The van der Waals surface area contributed by atoms with Crippen LogP contribution in [0.3, 0.4) is 0 Å². The number of sulfonamides is 1. The molecule has 2 N–H and O–H groups in total. The molecule has 1 fully saturated rings. The molecule has 0 radical (unpaired) electrons. The Hall–Kier alpha value is -3.84. The van der Waals surface area contributed by atoms with E-state index in [2.05, 4.69) is 10.3 Å². The average Bonchev–Trinajstić information content (AvgIpc) is 3.67. The van der Waals surface area contributed by atoms with Gasteiger partial charge in [-0.25, -0.2) is 18.2 Å². The number of fused-ring (bicyclic) bond motifs is 1. The van der Waals surface area contributed by atoms with Crippen molar-refractivity contribution in [2.75, 3.05) is 24.5 Å². The van der Waals surface area contributed by atoms with Gasteiger partial charge in [0.1, 0.15) is 0 Å². The summed E-state index contributed by atoms with van der Waals surface area (Å²) in [6, 6.07) is 21.1. The van der Waals surface area contributed by atoms with Gasteiger partial charge in [-0.15, -0.1) is 11.3 Å². The molecule has 4 aromatic rings. The lowest BCUT2D eigenvalue weighted by Gasteiger charge is -2.32. The van der Waals surface area contributed by atoms with Crippen LogP contribution in [0.2, 0.25) is 0 Å². The maximum Gasteiger partial charge on any atom is 0.415 e. The van der Waals surface area contributed by atoms with Gasteiger partial charge in [-0.1, -0.05) is 63.2 Å². The van der Waals surface area contributed by atoms with Gasteiger partial charge < -0.3 is 15.2 Å². The number of carbonyl (C=O) groups excluding carboxylic acids is 2. The molecule has 1 aliphatic heterocycles. The fourth-order valence-corrected chi connectivity index (χ4v) is 8.09. The Kier molecular flexibility index (Phi) is 10.4. The smallest absolute Gasteiger partial charge is 0.415 e. The van der Waals surface area contributed by atoms with E-state index in [4.69, 9.17) is 4.74 Å². The third kappa shape index (κ3) is 7.75. The lowest BCUT2D eigenvalue weighted by Crippen LogP contribution is -2.50. The van der Waals surface area contributed by atoms with Gasteiger partial charge in [0.05, 0.1) is 33.3 Å². The van der Waals surface area contributed by atoms with Crippen LogP contribution < -0.4 is 10.2 Å². The second kappa shape index (κ2) is 14.3. The summed E-state index contributed by atoms with van der Waals surface area (Å²) in [5.41, 5.74) is 4.59. The number of aliphatic hydroxyl groups excluding tert-OH is 1. The Balaban J connectivity index is 1.36. The molecule has 4 atom stereocenters. The number of thiazole rings is 1. The SMILES string of the molecule is CC(C)CN(C[C@@H](C)C(Cc1ccccc1)NC(=O)C1CN(c2cccc([C@@H](C)O)c2)C(=O)O1)S(=O)(=O)c1ccc2ncsc2c1. The maximum atomic E-state index is 14.0. The van der Waals surface area contributed by atoms with Crippen molar-refractivity contribution in [3.8, 4) is 0 Å². The number of rotatable bonds is 13. The summed E-state index contributed by atoms with van der Waals surface area (Å²) >= 11 is 1.39. The van der Waals surface area contributed by atoms with E-state index in [0.717, 1.165) is 15.8 Å². The molecule has 2 amide bonds. The summed E-state index contributed by atoms with van der Waals surface area (Å²) in [7, 11) is -3.86. The van der Waals surface area contributed by atoms with Crippen molar-refractivity contribution >= 4 is 49.3 Å². The molecular formula is C34H40N4O6S2. The van der Waals surface area contributed by atoms with Crippen molar-refractivity contribution in [1.29, 1.82) is 0 Å². The molecule has 46 heavy (non-hydrogen) atoms. The number of aromatic nitrogens is 1. The zero-order valence-corrected chi connectivity index (χ0v) is 28.0. The lowest BCUT2D eigenvalue weighted by molar-refractivity contribution is -0.128. The van der Waals surface area contributed by atoms with Gasteiger partial charge in [0.15, 0.2) is 6.10 Å². The topological polar surface area (TPSA) is 129 Å². The van der Waals surface area contributed by atoms with E-state index in [1.807, 2.05) is 51.1 Å². The highest BCUT2D eigenvalue weighted by atomic mass is 32.2. The molecule has 1 saturated heterocycles. The first-order chi connectivity index (χ1) is 21.9. The van der Waals surface area contributed by atoms with E-state index in [0.29, 0.717) is 24.2 Å². The molecule has 2 unspecified atom stereocenters. The van der Waals surface area contributed by atoms with Gasteiger partial charge in [-0.05, 0) is 66.6 Å². The number of hydrogen-bond donors (Lipinski definition) is 2. The summed E-state index contributed by atoms with van der Waals surface area (Å²) in [4.78, 5) is 32.3. The van der Waals surface area contributed by atoms with Gasteiger partial charge in [0.2, 0.25) is 10.0 Å². The highest BCUT2D eigenvalue weighted by molar-refractivity contribution is 7.89. The molecule has 12 heteroatoms. The number of nitrogens with one attached hydrogen (secondary N) is 1. The van der Waals surface area contributed by atoms with Crippen LogP contribution in [0, 0.1) is 11.8 Å². The Bertz CT molecular complexity index is 1780. The van der Waals surface area contributed by atoms with Gasteiger partial charge in [-0.2, -0.15) is 4.31 Å². The van der Waals surface area contributed by atoms with Gasteiger partial charge >= 0.3 is 6.09 Å². The summed E-state index contributed by atoms with van der Waals surface area (Å²) in [6.07, 6.45) is -1.97. The van der Waals surface area contributed by atoms with Crippen LogP contribution in [-0.4, -0.2) is 66.6 Å². The minimum absolute atomic E-state index is 0.00821. The summed E-state index contributed by atoms with van der Waals surface area (Å²) < 4.78 is 35.8. The number of ether oxygens (including phenoxy) is 1. The first-order valence-electron chi connectivity index (χ1n) is 15.4. The van der Waals surface area contributed by atoms with Crippen LogP contribution in [0.25, 0.3) is 10.2 Å². The molecule has 5 rings (SSSR count). The zero-order valence-electron chi connectivity index (χ0n) is 26.4. The Morgan fingerprint density at radius 2 is 1.83 bits per heavy atom. The molecule has 0 saturated carbocycles. The van der Waals surface area contributed by atoms with E-state index >= 15 is 0 Å². The van der Waals surface area contributed by atoms with Crippen molar-refractivity contribution in [3.63, 3.8) is 0 Å². The van der Waals surface area contributed by atoms with Crippen LogP contribution in [-0.2, 0) is 26.0 Å². The van der Waals surface area contributed by atoms with E-state index in [1.165, 1.54) is 20.5 Å². The van der Waals surface area contributed by atoms with Crippen LogP contribution in [0.5, 0.6) is 0 Å². The van der Waals surface area contributed by atoms with E-state index < -0.39 is 40.3 Å². The average molecular weight is 665 g/mol. The highest BCUT2D eigenvalue weighted by Gasteiger charge is 2.39. The Morgan fingerprint density at radius 3 is 2.54 bits per heavy atom. The first kappa shape index (κ1) is 33.5. The van der Waals surface area contributed by atoms with Gasteiger partial charge in [0.25, 0.3) is 5.91 Å². The molecule has 0 spiro atoms. The van der Waals surface area contributed by atoms with Crippen molar-refractivity contribution in [1.82, 2.24) is 14.6 Å². The minimum atomic E-state index is -3.86. The predicted molar refractivity (Wildman–Crippen MR) is 179 cm³/mol. The number of aliphatic hydroxyl groups is 1. The largest absolute Gasteiger partial charge is 0.434 e. The summed E-state index contributed by atoms with van der Waals surface area (Å²) in [5.74, 6) is -0.697. The number of nitrogens with zero attached hydrogens (tertiary/aromatic N) is 3. The summed E-state index contributed by atoms with van der Waals surface area (Å²) in [5, 5.41) is 13.1. The Labute approximate surface area is 274 Å². The number of amides is 2. The molecule has 0 bridgehead atoms. The van der Waals surface area contributed by atoms with Crippen molar-refractivity contribution in [2.45, 2.75) is 57.3 Å². The molecule has 0 aliphatic carbocycles. The van der Waals surface area contributed by atoms with Crippen molar-refractivity contribution in [2.24, 2.45) is 11.8 Å². The van der Waals surface area contributed by atoms with Crippen LogP contribution in [0.4, 0.5) is 10.5 Å². The number of benzene rings is 3. The van der Waals surface area contributed by atoms with Gasteiger partial charge in [0, 0.05) is 24.8 Å². The lowest BCUT2D eigenvalue weighted by atomic mass is 9.94. The monoisotopic (exact) mass is 664 g/mol. The normalized spacial score (nSPS) is 17.3. The number of hydrogen-bond acceptors (Lipinski definition) is 8. The number of cyclic esters (lactones) is 1. The van der Waals surface area contributed by atoms with Crippen molar-refractivity contribution in [3.05, 3.63) is 89.4 Å². The molecule has 1 aromatic heterocycles. The van der Waals surface area contributed by atoms with E-state index in [9.17, 15) is 23.1 Å². The molecule has 1 aliphatic rings. The van der Waals surface area contributed by atoms with E-state index in [-0.39, 0.29) is 29.8 Å². The highest BCUT2D eigenvalue weighted by Crippen LogP contribution is 2.28. The molecule has 3 aromatic carbocycles. The zero-order chi connectivity index (χ0) is 33.0. The third-order valence-corrected chi connectivity index (χ3v) is 10.7. The van der Waals surface area contributed by atoms with Crippen molar-refractivity contribution < 1.29 is 27.9 Å². The number of anilines is 1. The van der Waals surface area contributed by atoms with Gasteiger partial charge in [-0.3, -0.25) is 9.69 Å². The van der Waals surface area contributed by atoms with Crippen LogP contribution >= 0.6 is 11.3 Å². The fraction of sp³-hybridized carbons (Fsp3) is 0.382. The summed E-state index contributed by atoms with van der Waals surface area (Å²) in [6.45, 7) is 7.99. The number of carbonyl (C=O) groups is 2. The second-order valence-electron chi connectivity index (χ2n) is 12.2. The molecule has 2 heterocycles. The predicted octanol–water partition coefficient (Wildman–Crippen LogP) is 5.39. The maximum absolute atomic E-state index is 14.0. The molecule has 244 valence electrons. The quantitative estimate of drug-likeness (QED) is 0.196. The fourth-order valence-electron chi connectivity index (χ4n) is 5.57. The van der Waals surface area contributed by atoms with Crippen LogP contribution in [0.1, 0.15) is 44.9 Å². The second-order valence-corrected chi connectivity index (χ2v) is 15.1. The molecule has 10 nitrogen and oxygen atoms in total. The first-order valence-corrected chi connectivity index (χ1v) is 17.7. The molecular weight excluding hydrogens is 625 g/mol.